The van der Waals surface area contributed by atoms with Crippen LogP contribution in [0.3, 0.4) is 0 Å². The largest absolute Gasteiger partial charge is 0.366 e. The third kappa shape index (κ3) is 4.83. The highest BCUT2D eigenvalue weighted by Gasteiger charge is 2.12. The van der Waals surface area contributed by atoms with E-state index in [0.29, 0.717) is 16.1 Å². The average Bonchev–Trinajstić information content (AvgIpc) is 2.52. The molecule has 118 valence electrons. The zero-order valence-electron chi connectivity index (χ0n) is 11.9. The topological polar surface area (TPSA) is 89.3 Å². The fourth-order valence-electron chi connectivity index (χ4n) is 1.71. The van der Waals surface area contributed by atoms with Crippen molar-refractivity contribution >= 4 is 27.5 Å². The fourth-order valence-corrected chi connectivity index (χ4v) is 2.94. The summed E-state index contributed by atoms with van der Waals surface area (Å²) < 4.78 is 26.4. The normalized spacial score (nSPS) is 10.7. The summed E-state index contributed by atoms with van der Waals surface area (Å²) in [5, 5.41) is 0.341. The number of sulfonamides is 1. The van der Waals surface area contributed by atoms with Crippen LogP contribution in [-0.2, 0) is 10.0 Å². The van der Waals surface area contributed by atoms with Crippen molar-refractivity contribution < 1.29 is 13.2 Å². The van der Waals surface area contributed by atoms with E-state index in [2.05, 4.69) is 16.6 Å². The van der Waals surface area contributed by atoms with Crippen molar-refractivity contribution in [2.75, 3.05) is 6.54 Å². The van der Waals surface area contributed by atoms with Gasteiger partial charge in [0.15, 0.2) is 0 Å². The van der Waals surface area contributed by atoms with Gasteiger partial charge in [0.25, 0.3) is 0 Å². The van der Waals surface area contributed by atoms with Crippen LogP contribution in [0.2, 0.25) is 5.02 Å². The Balaban J connectivity index is 2.01. The lowest BCUT2D eigenvalue weighted by molar-refractivity contribution is 0.100. The second-order valence-electron chi connectivity index (χ2n) is 4.53. The molecule has 0 saturated heterocycles. The van der Waals surface area contributed by atoms with Gasteiger partial charge in [-0.2, -0.15) is 4.72 Å². The van der Waals surface area contributed by atoms with Gasteiger partial charge in [0.05, 0.1) is 11.4 Å². The summed E-state index contributed by atoms with van der Waals surface area (Å²) >= 11 is 5.77. The van der Waals surface area contributed by atoms with Crippen LogP contribution < -0.4 is 10.5 Å². The summed E-state index contributed by atoms with van der Waals surface area (Å²) in [5.41, 5.74) is 6.17. The highest BCUT2D eigenvalue weighted by Crippen LogP contribution is 2.14. The maximum absolute atomic E-state index is 12.0. The molecule has 1 amide bonds. The van der Waals surface area contributed by atoms with Gasteiger partial charge in [0, 0.05) is 16.1 Å². The molecule has 23 heavy (non-hydrogen) atoms. The van der Waals surface area contributed by atoms with Crippen molar-refractivity contribution in [3.8, 4) is 11.8 Å². The number of halogens is 1. The van der Waals surface area contributed by atoms with Crippen molar-refractivity contribution in [3.05, 3.63) is 64.7 Å². The SMILES string of the molecule is NC(=O)c1ccc(C#CCNS(=O)(=O)c2cccc(Cl)c2)cc1. The molecule has 3 N–H and O–H groups in total. The molecule has 0 aliphatic rings. The number of nitrogens with one attached hydrogen (secondary N) is 1. The summed E-state index contributed by atoms with van der Waals surface area (Å²) in [5.74, 6) is 4.98. The maximum atomic E-state index is 12.0. The number of hydrogen-bond acceptors (Lipinski definition) is 3. The molecule has 0 spiro atoms. The number of benzene rings is 2. The van der Waals surface area contributed by atoms with Gasteiger partial charge in [0.2, 0.25) is 15.9 Å². The van der Waals surface area contributed by atoms with Gasteiger partial charge < -0.3 is 5.73 Å². The molecule has 2 rings (SSSR count). The molecule has 0 saturated carbocycles. The second-order valence-corrected chi connectivity index (χ2v) is 6.73. The first-order chi connectivity index (χ1) is 10.9. The number of hydrogen-bond donors (Lipinski definition) is 2. The Kier molecular flexibility index (Phi) is 5.40. The molecule has 0 bridgehead atoms. The van der Waals surface area contributed by atoms with Gasteiger partial charge in [0.1, 0.15) is 0 Å². The van der Waals surface area contributed by atoms with Gasteiger partial charge in [-0.15, -0.1) is 0 Å². The monoisotopic (exact) mass is 348 g/mol. The minimum atomic E-state index is -3.65. The third-order valence-corrected chi connectivity index (χ3v) is 4.49. The average molecular weight is 349 g/mol. The predicted molar refractivity (Wildman–Crippen MR) is 88.5 cm³/mol. The van der Waals surface area contributed by atoms with Gasteiger partial charge in [-0.3, -0.25) is 4.79 Å². The number of nitrogens with two attached hydrogens (primary N) is 1. The van der Waals surface area contributed by atoms with Crippen molar-refractivity contribution in [1.82, 2.24) is 4.72 Å². The van der Waals surface area contributed by atoms with Crippen LogP contribution >= 0.6 is 11.6 Å². The van der Waals surface area contributed by atoms with E-state index < -0.39 is 15.9 Å². The fraction of sp³-hybridized carbons (Fsp3) is 0.0625. The van der Waals surface area contributed by atoms with Crippen LogP contribution in [0, 0.1) is 11.8 Å². The van der Waals surface area contributed by atoms with Gasteiger partial charge in [-0.1, -0.05) is 29.5 Å². The zero-order chi connectivity index (χ0) is 16.9. The third-order valence-electron chi connectivity index (χ3n) is 2.86. The highest BCUT2D eigenvalue weighted by atomic mass is 35.5. The molecule has 0 unspecified atom stereocenters. The number of carbonyl (C=O) groups excluding carboxylic acids is 1. The van der Waals surface area contributed by atoms with E-state index >= 15 is 0 Å². The summed E-state index contributed by atoms with van der Waals surface area (Å²) in [4.78, 5) is 11.0. The quantitative estimate of drug-likeness (QED) is 0.825. The molecule has 7 heteroatoms. The Morgan fingerprint density at radius 3 is 2.48 bits per heavy atom. The van der Waals surface area contributed by atoms with Crippen LogP contribution in [0.15, 0.2) is 53.4 Å². The van der Waals surface area contributed by atoms with E-state index in [0.717, 1.165) is 0 Å². The molecule has 0 fully saturated rings. The summed E-state index contributed by atoms with van der Waals surface area (Å²) in [7, 11) is -3.65. The van der Waals surface area contributed by atoms with Gasteiger partial charge in [-0.25, -0.2) is 8.42 Å². The lowest BCUT2D eigenvalue weighted by Crippen LogP contribution is -2.23. The first kappa shape index (κ1) is 17.0. The first-order valence-electron chi connectivity index (χ1n) is 6.52. The molecule has 2 aromatic rings. The van der Waals surface area contributed by atoms with E-state index in [9.17, 15) is 13.2 Å². The minimum absolute atomic E-state index is 0.0492. The minimum Gasteiger partial charge on any atom is -0.366 e. The zero-order valence-corrected chi connectivity index (χ0v) is 13.5. The molecule has 5 nitrogen and oxygen atoms in total. The molecule has 0 aliphatic carbocycles. The molecule has 2 aromatic carbocycles. The smallest absolute Gasteiger partial charge is 0.248 e. The first-order valence-corrected chi connectivity index (χ1v) is 8.38. The van der Waals surface area contributed by atoms with Crippen LogP contribution in [0.25, 0.3) is 0 Å². The van der Waals surface area contributed by atoms with E-state index in [-0.39, 0.29) is 11.4 Å². The van der Waals surface area contributed by atoms with Crippen molar-refractivity contribution in [2.24, 2.45) is 5.73 Å². The molecule has 0 aromatic heterocycles. The van der Waals surface area contributed by atoms with Crippen LogP contribution in [0.1, 0.15) is 15.9 Å². The Bertz CT molecular complexity index is 882. The number of amides is 1. The van der Waals surface area contributed by atoms with Crippen LogP contribution in [0.4, 0.5) is 0 Å². The van der Waals surface area contributed by atoms with E-state index in [1.165, 1.54) is 12.1 Å². The van der Waals surface area contributed by atoms with E-state index in [1.807, 2.05) is 0 Å². The Morgan fingerprint density at radius 1 is 1.17 bits per heavy atom. The van der Waals surface area contributed by atoms with Crippen LogP contribution in [0.5, 0.6) is 0 Å². The molecular formula is C16H13ClN2O3S. The lowest BCUT2D eigenvalue weighted by Gasteiger charge is -2.03. The molecule has 0 radical (unpaired) electrons. The summed E-state index contributed by atoms with van der Waals surface area (Å²) in [6.45, 7) is -0.0492. The second kappa shape index (κ2) is 7.29. The Hall–Kier alpha value is -2.33. The van der Waals surface area contributed by atoms with E-state index in [1.54, 1.807) is 36.4 Å². The number of primary amides is 1. The molecule has 0 heterocycles. The summed E-state index contributed by atoms with van der Waals surface area (Å²) in [6.07, 6.45) is 0. The van der Waals surface area contributed by atoms with Crippen molar-refractivity contribution in [1.29, 1.82) is 0 Å². The number of carbonyl (C=O) groups is 1. The van der Waals surface area contributed by atoms with Crippen LogP contribution in [-0.4, -0.2) is 20.9 Å². The van der Waals surface area contributed by atoms with Crippen molar-refractivity contribution in [3.63, 3.8) is 0 Å². The predicted octanol–water partition coefficient (Wildman–Crippen LogP) is 1.77. The van der Waals surface area contributed by atoms with E-state index in [4.69, 9.17) is 17.3 Å². The lowest BCUT2D eigenvalue weighted by atomic mass is 10.1. The number of rotatable bonds is 4. The molecular weight excluding hydrogens is 336 g/mol. The summed E-state index contributed by atoms with van der Waals surface area (Å²) in [6, 6.07) is 12.4. The Labute approximate surface area is 139 Å². The maximum Gasteiger partial charge on any atom is 0.248 e. The highest BCUT2D eigenvalue weighted by molar-refractivity contribution is 7.89. The standard InChI is InChI=1S/C16H13ClN2O3S/c17-14-4-1-5-15(11-14)23(21,22)19-10-2-3-12-6-8-13(9-7-12)16(18)20/h1,4-9,11,19H,10H2,(H2,18,20). The van der Waals surface area contributed by atoms with Gasteiger partial charge >= 0.3 is 0 Å². The van der Waals surface area contributed by atoms with Gasteiger partial charge in [-0.05, 0) is 42.5 Å². The van der Waals surface area contributed by atoms with Crippen molar-refractivity contribution in [2.45, 2.75) is 4.90 Å². The molecule has 0 atom stereocenters. The Morgan fingerprint density at radius 2 is 1.87 bits per heavy atom. The molecule has 0 aliphatic heterocycles.